The Morgan fingerprint density at radius 3 is 2.93 bits per heavy atom. The van der Waals surface area contributed by atoms with Crippen LogP contribution in [0.1, 0.15) is 60.0 Å². The van der Waals surface area contributed by atoms with E-state index in [2.05, 4.69) is 20.7 Å². The molecule has 3 heterocycles. The predicted molar refractivity (Wildman–Crippen MR) is 102 cm³/mol. The molecule has 1 amide bonds. The Balaban J connectivity index is 1.46. The van der Waals surface area contributed by atoms with Crippen LogP contribution in [0.25, 0.3) is 0 Å². The fourth-order valence-corrected chi connectivity index (χ4v) is 4.15. The van der Waals surface area contributed by atoms with Crippen molar-refractivity contribution in [2.45, 2.75) is 51.2 Å². The second-order valence-corrected chi connectivity index (χ2v) is 7.77. The van der Waals surface area contributed by atoms with Gasteiger partial charge < -0.3 is 14.2 Å². The average molecular weight is 368 g/mol. The molecule has 1 atom stereocenters. The number of amides is 1. The number of methoxy groups -OCH3 is 1. The molecule has 6 heteroatoms. The highest BCUT2D eigenvalue weighted by Gasteiger charge is 2.29. The summed E-state index contributed by atoms with van der Waals surface area (Å²) in [6.07, 6.45) is 10.1. The average Bonchev–Trinajstić information content (AvgIpc) is 3.13. The maximum atomic E-state index is 13.0. The van der Waals surface area contributed by atoms with E-state index in [1.165, 1.54) is 19.3 Å². The van der Waals surface area contributed by atoms with E-state index in [9.17, 15) is 4.79 Å². The van der Waals surface area contributed by atoms with Gasteiger partial charge in [0.25, 0.3) is 5.91 Å². The lowest BCUT2D eigenvalue weighted by Crippen LogP contribution is -2.40. The van der Waals surface area contributed by atoms with Gasteiger partial charge in [-0.15, -0.1) is 0 Å². The van der Waals surface area contributed by atoms with Crippen molar-refractivity contribution in [3.63, 3.8) is 0 Å². The van der Waals surface area contributed by atoms with Gasteiger partial charge in [-0.1, -0.05) is 12.5 Å². The summed E-state index contributed by atoms with van der Waals surface area (Å²) in [5, 5.41) is 0. The second-order valence-electron chi connectivity index (χ2n) is 7.77. The van der Waals surface area contributed by atoms with E-state index in [4.69, 9.17) is 4.74 Å². The molecule has 0 unspecified atom stereocenters. The first-order chi connectivity index (χ1) is 13.2. The number of piperidine rings is 1. The number of carbonyl (C=O) groups is 1. The highest BCUT2D eigenvalue weighted by Crippen LogP contribution is 2.31. The monoisotopic (exact) mass is 368 g/mol. The molecule has 2 aromatic heterocycles. The molecule has 27 heavy (non-hydrogen) atoms. The zero-order valence-electron chi connectivity index (χ0n) is 16.0. The first-order valence-electron chi connectivity index (χ1n) is 9.99. The molecule has 2 aliphatic rings. The summed E-state index contributed by atoms with van der Waals surface area (Å²) in [6, 6.07) is 5.56. The molecule has 1 saturated heterocycles. The molecule has 2 fully saturated rings. The van der Waals surface area contributed by atoms with Crippen LogP contribution >= 0.6 is 0 Å². The number of hydrogen-bond donors (Lipinski definition) is 0. The number of imidazole rings is 1. The number of carbonyl (C=O) groups excluding carboxylic acids is 1. The molecule has 144 valence electrons. The van der Waals surface area contributed by atoms with Gasteiger partial charge in [0.1, 0.15) is 11.5 Å². The smallest absolute Gasteiger partial charge is 0.272 e. The highest BCUT2D eigenvalue weighted by molar-refractivity contribution is 5.92. The zero-order valence-corrected chi connectivity index (χ0v) is 16.0. The standard InChI is InChI=1S/C21H28N4O2/c1-27-15-18-8-3-9-19(23-18)21(26)25-11-4-7-17(14-25)20-22-10-12-24(20)13-16-5-2-6-16/h3,8-10,12,16-17H,2,4-7,11,13-15H2,1H3/t17-/m0/s1. The highest BCUT2D eigenvalue weighted by atomic mass is 16.5. The number of ether oxygens (including phenoxy) is 1. The third kappa shape index (κ3) is 4.05. The molecule has 0 bridgehead atoms. The molecular formula is C21H28N4O2. The van der Waals surface area contributed by atoms with E-state index < -0.39 is 0 Å². The Hall–Kier alpha value is -2.21. The molecule has 1 saturated carbocycles. The van der Waals surface area contributed by atoms with Crippen LogP contribution in [0.15, 0.2) is 30.6 Å². The van der Waals surface area contributed by atoms with Crippen LogP contribution in [-0.2, 0) is 17.9 Å². The summed E-state index contributed by atoms with van der Waals surface area (Å²) >= 11 is 0. The van der Waals surface area contributed by atoms with Gasteiger partial charge in [-0.3, -0.25) is 4.79 Å². The summed E-state index contributed by atoms with van der Waals surface area (Å²) in [7, 11) is 1.64. The molecule has 0 aromatic carbocycles. The van der Waals surface area contributed by atoms with Gasteiger partial charge >= 0.3 is 0 Å². The van der Waals surface area contributed by atoms with Crippen molar-refractivity contribution < 1.29 is 9.53 Å². The van der Waals surface area contributed by atoms with Gasteiger partial charge in [0, 0.05) is 45.1 Å². The molecule has 0 N–H and O–H groups in total. The van der Waals surface area contributed by atoms with Gasteiger partial charge in [-0.25, -0.2) is 9.97 Å². The lowest BCUT2D eigenvalue weighted by molar-refractivity contribution is 0.0695. The Bertz CT molecular complexity index is 784. The Kier molecular flexibility index (Phi) is 5.53. The van der Waals surface area contributed by atoms with Crippen molar-refractivity contribution in [2.24, 2.45) is 5.92 Å². The molecule has 4 rings (SSSR count). The summed E-state index contributed by atoms with van der Waals surface area (Å²) in [6.45, 7) is 2.99. The Morgan fingerprint density at radius 2 is 2.15 bits per heavy atom. The maximum Gasteiger partial charge on any atom is 0.272 e. The normalized spacial score (nSPS) is 20.5. The SMILES string of the molecule is COCc1cccc(C(=O)N2CCC[C@H](c3nccn3CC3CCC3)C2)n1. The van der Waals surface area contributed by atoms with Gasteiger partial charge in [-0.05, 0) is 43.7 Å². The van der Waals surface area contributed by atoms with Crippen LogP contribution in [0.2, 0.25) is 0 Å². The van der Waals surface area contributed by atoms with Crippen molar-refractivity contribution in [2.75, 3.05) is 20.2 Å². The van der Waals surface area contributed by atoms with Gasteiger partial charge in [0.15, 0.2) is 0 Å². The maximum absolute atomic E-state index is 13.0. The molecule has 0 spiro atoms. The van der Waals surface area contributed by atoms with Gasteiger partial charge in [0.2, 0.25) is 0 Å². The fourth-order valence-electron chi connectivity index (χ4n) is 4.15. The minimum Gasteiger partial charge on any atom is -0.378 e. The predicted octanol–water partition coefficient (Wildman–Crippen LogP) is 3.24. The molecule has 1 aliphatic heterocycles. The summed E-state index contributed by atoms with van der Waals surface area (Å²) < 4.78 is 7.45. The van der Waals surface area contributed by atoms with Crippen LogP contribution in [-0.4, -0.2) is 45.5 Å². The summed E-state index contributed by atoms with van der Waals surface area (Å²) in [4.78, 5) is 24.0. The van der Waals surface area contributed by atoms with E-state index in [0.29, 0.717) is 18.2 Å². The van der Waals surface area contributed by atoms with E-state index in [1.54, 1.807) is 13.2 Å². The number of nitrogens with zero attached hydrogens (tertiary/aromatic N) is 4. The van der Waals surface area contributed by atoms with Crippen LogP contribution in [0, 0.1) is 5.92 Å². The Labute approximate surface area is 160 Å². The van der Waals surface area contributed by atoms with Crippen molar-refractivity contribution >= 4 is 5.91 Å². The minimum atomic E-state index is 0.00903. The summed E-state index contributed by atoms with van der Waals surface area (Å²) in [5.41, 5.74) is 1.29. The molecule has 1 aliphatic carbocycles. The van der Waals surface area contributed by atoms with Crippen LogP contribution in [0.5, 0.6) is 0 Å². The summed E-state index contributed by atoms with van der Waals surface area (Å²) in [5.74, 6) is 2.25. The van der Waals surface area contributed by atoms with E-state index in [-0.39, 0.29) is 5.91 Å². The topological polar surface area (TPSA) is 60.2 Å². The van der Waals surface area contributed by atoms with Gasteiger partial charge in [-0.2, -0.15) is 0 Å². The number of rotatable bonds is 6. The molecule has 2 aromatic rings. The van der Waals surface area contributed by atoms with Crippen LogP contribution < -0.4 is 0 Å². The number of likely N-dealkylation sites (tertiary alicyclic amines) is 1. The number of pyridine rings is 1. The van der Waals surface area contributed by atoms with Crippen molar-refractivity contribution in [3.8, 4) is 0 Å². The van der Waals surface area contributed by atoms with E-state index in [0.717, 1.165) is 49.9 Å². The van der Waals surface area contributed by atoms with Crippen molar-refractivity contribution in [1.82, 2.24) is 19.4 Å². The number of hydrogen-bond acceptors (Lipinski definition) is 4. The third-order valence-corrected chi connectivity index (χ3v) is 5.82. The van der Waals surface area contributed by atoms with Crippen molar-refractivity contribution in [3.05, 3.63) is 47.8 Å². The van der Waals surface area contributed by atoms with Gasteiger partial charge in [0.05, 0.1) is 12.3 Å². The molecule has 6 nitrogen and oxygen atoms in total. The first-order valence-corrected chi connectivity index (χ1v) is 9.99. The first kappa shape index (κ1) is 18.2. The minimum absolute atomic E-state index is 0.00903. The second kappa shape index (κ2) is 8.21. The quantitative estimate of drug-likeness (QED) is 0.785. The van der Waals surface area contributed by atoms with E-state index in [1.807, 2.05) is 23.2 Å². The lowest BCUT2D eigenvalue weighted by Gasteiger charge is -2.33. The van der Waals surface area contributed by atoms with E-state index >= 15 is 0 Å². The van der Waals surface area contributed by atoms with Crippen LogP contribution in [0.4, 0.5) is 0 Å². The molecule has 0 radical (unpaired) electrons. The van der Waals surface area contributed by atoms with Crippen molar-refractivity contribution in [1.29, 1.82) is 0 Å². The Morgan fingerprint density at radius 1 is 1.26 bits per heavy atom. The number of aromatic nitrogens is 3. The molecular weight excluding hydrogens is 340 g/mol. The van der Waals surface area contributed by atoms with Crippen LogP contribution in [0.3, 0.4) is 0 Å². The lowest BCUT2D eigenvalue weighted by atomic mass is 9.85. The third-order valence-electron chi connectivity index (χ3n) is 5.82. The zero-order chi connectivity index (χ0) is 18.6. The fraction of sp³-hybridized carbons (Fsp3) is 0.571. The largest absolute Gasteiger partial charge is 0.378 e.